The summed E-state index contributed by atoms with van der Waals surface area (Å²) in [7, 11) is 0. The molecule has 1 heterocycles. The molecular weight excluding hydrogens is 238 g/mol. The minimum Gasteiger partial charge on any atom is -0.447 e. The molecule has 0 amide bonds. The van der Waals surface area contributed by atoms with Gasteiger partial charge in [0.25, 0.3) is 0 Å². The van der Waals surface area contributed by atoms with E-state index in [1.165, 1.54) is 24.6 Å². The molecule has 0 aliphatic carbocycles. The molecule has 18 heavy (non-hydrogen) atoms. The first-order valence-corrected chi connectivity index (χ1v) is 5.70. The van der Waals surface area contributed by atoms with Gasteiger partial charge in [-0.2, -0.15) is 0 Å². The Morgan fingerprint density at radius 2 is 2.06 bits per heavy atom. The van der Waals surface area contributed by atoms with Gasteiger partial charge in [0.2, 0.25) is 0 Å². The lowest BCUT2D eigenvalue weighted by Gasteiger charge is -2.13. The topological polar surface area (TPSA) is 38.1 Å². The molecule has 0 saturated carbocycles. The number of benzene rings is 1. The van der Waals surface area contributed by atoms with Gasteiger partial charge < -0.3 is 9.73 Å². The lowest BCUT2D eigenvalue weighted by Crippen LogP contribution is -2.28. The molecule has 1 aromatic heterocycles. The standard InChI is InChI=1S/C13H14F2N2O/c1-9(17-7-10-6-16-8-18-10)5-11-12(14)3-2-4-13(11)15/h2-4,6,8-9,17H,5,7H2,1H3. The van der Waals surface area contributed by atoms with Crippen molar-refractivity contribution in [3.05, 3.63) is 53.7 Å². The van der Waals surface area contributed by atoms with Crippen LogP contribution in [-0.4, -0.2) is 11.0 Å². The first-order valence-electron chi connectivity index (χ1n) is 5.70. The van der Waals surface area contributed by atoms with Crippen molar-refractivity contribution in [3.8, 4) is 0 Å². The molecule has 0 bridgehead atoms. The van der Waals surface area contributed by atoms with Crippen LogP contribution in [0, 0.1) is 11.6 Å². The summed E-state index contributed by atoms with van der Waals surface area (Å²) in [6, 6.07) is 3.82. The molecule has 0 saturated heterocycles. The van der Waals surface area contributed by atoms with Crippen molar-refractivity contribution in [2.75, 3.05) is 0 Å². The van der Waals surface area contributed by atoms with E-state index < -0.39 is 11.6 Å². The second-order valence-electron chi connectivity index (χ2n) is 4.15. The van der Waals surface area contributed by atoms with E-state index in [0.717, 1.165) is 0 Å². The van der Waals surface area contributed by atoms with Crippen molar-refractivity contribution in [1.29, 1.82) is 0 Å². The van der Waals surface area contributed by atoms with Gasteiger partial charge in [0.1, 0.15) is 17.4 Å². The Morgan fingerprint density at radius 3 is 2.67 bits per heavy atom. The van der Waals surface area contributed by atoms with Crippen molar-refractivity contribution in [2.45, 2.75) is 25.9 Å². The van der Waals surface area contributed by atoms with Crippen LogP contribution < -0.4 is 5.32 Å². The van der Waals surface area contributed by atoms with E-state index >= 15 is 0 Å². The quantitative estimate of drug-likeness (QED) is 0.889. The van der Waals surface area contributed by atoms with Gasteiger partial charge in [-0.15, -0.1) is 0 Å². The van der Waals surface area contributed by atoms with Gasteiger partial charge in [-0.3, -0.25) is 0 Å². The number of hydrogen-bond acceptors (Lipinski definition) is 3. The number of nitrogens with one attached hydrogen (secondary N) is 1. The van der Waals surface area contributed by atoms with Crippen molar-refractivity contribution >= 4 is 0 Å². The molecule has 96 valence electrons. The highest BCUT2D eigenvalue weighted by molar-refractivity contribution is 5.20. The monoisotopic (exact) mass is 252 g/mol. The predicted octanol–water partition coefficient (Wildman–Crippen LogP) is 2.67. The lowest BCUT2D eigenvalue weighted by atomic mass is 10.1. The van der Waals surface area contributed by atoms with E-state index in [2.05, 4.69) is 10.3 Å². The van der Waals surface area contributed by atoms with Crippen LogP contribution in [0.15, 0.2) is 35.2 Å². The summed E-state index contributed by atoms with van der Waals surface area (Å²) < 4.78 is 31.9. The summed E-state index contributed by atoms with van der Waals surface area (Å²) in [5.41, 5.74) is 0.107. The molecule has 0 radical (unpaired) electrons. The number of nitrogens with zero attached hydrogens (tertiary/aromatic N) is 1. The zero-order chi connectivity index (χ0) is 13.0. The molecule has 0 aliphatic heterocycles. The first-order chi connectivity index (χ1) is 8.66. The second kappa shape index (κ2) is 5.73. The predicted molar refractivity (Wildman–Crippen MR) is 62.9 cm³/mol. The van der Waals surface area contributed by atoms with Crippen LogP contribution in [0.4, 0.5) is 8.78 Å². The van der Waals surface area contributed by atoms with Crippen molar-refractivity contribution in [3.63, 3.8) is 0 Å². The van der Waals surface area contributed by atoms with E-state index in [4.69, 9.17) is 4.42 Å². The maximum atomic E-state index is 13.4. The molecule has 2 aromatic rings. The molecule has 0 spiro atoms. The Labute approximate surface area is 104 Å². The average Bonchev–Trinajstić information content (AvgIpc) is 2.84. The summed E-state index contributed by atoms with van der Waals surface area (Å²) >= 11 is 0. The van der Waals surface area contributed by atoms with Gasteiger partial charge >= 0.3 is 0 Å². The second-order valence-corrected chi connectivity index (χ2v) is 4.15. The Bertz CT molecular complexity index is 479. The van der Waals surface area contributed by atoms with Gasteiger partial charge in [0.05, 0.1) is 12.7 Å². The number of hydrogen-bond donors (Lipinski definition) is 1. The van der Waals surface area contributed by atoms with Crippen molar-refractivity contribution < 1.29 is 13.2 Å². The SMILES string of the molecule is CC(Cc1c(F)cccc1F)NCc1cnco1. The van der Waals surface area contributed by atoms with Crippen LogP contribution in [0.25, 0.3) is 0 Å². The van der Waals surface area contributed by atoms with Gasteiger partial charge in [-0.1, -0.05) is 6.07 Å². The summed E-state index contributed by atoms with van der Waals surface area (Å²) in [6.07, 6.45) is 3.23. The summed E-state index contributed by atoms with van der Waals surface area (Å²) in [5.74, 6) is -0.331. The summed E-state index contributed by atoms with van der Waals surface area (Å²) in [5, 5.41) is 3.12. The smallest absolute Gasteiger partial charge is 0.180 e. The highest BCUT2D eigenvalue weighted by Gasteiger charge is 2.12. The molecule has 1 atom stereocenters. The van der Waals surface area contributed by atoms with Gasteiger partial charge in [0.15, 0.2) is 6.39 Å². The van der Waals surface area contributed by atoms with E-state index in [-0.39, 0.29) is 18.0 Å². The van der Waals surface area contributed by atoms with Crippen LogP contribution in [0.5, 0.6) is 0 Å². The number of oxazole rings is 1. The molecule has 5 heteroatoms. The van der Waals surface area contributed by atoms with Crippen molar-refractivity contribution in [2.24, 2.45) is 0 Å². The molecule has 2 rings (SSSR count). The summed E-state index contributed by atoms with van der Waals surface area (Å²) in [4.78, 5) is 3.79. The van der Waals surface area contributed by atoms with Gasteiger partial charge in [-0.05, 0) is 25.5 Å². The van der Waals surface area contributed by atoms with Crippen LogP contribution >= 0.6 is 0 Å². The first kappa shape index (κ1) is 12.7. The zero-order valence-electron chi connectivity index (χ0n) is 9.99. The van der Waals surface area contributed by atoms with Crippen LogP contribution in [0.3, 0.4) is 0 Å². The van der Waals surface area contributed by atoms with E-state index in [1.54, 1.807) is 6.20 Å². The van der Waals surface area contributed by atoms with Crippen LogP contribution in [0.2, 0.25) is 0 Å². The van der Waals surface area contributed by atoms with Crippen LogP contribution in [0.1, 0.15) is 18.2 Å². The molecule has 1 N–H and O–H groups in total. The minimum absolute atomic E-state index is 0.0681. The highest BCUT2D eigenvalue weighted by Crippen LogP contribution is 2.14. The Balaban J connectivity index is 1.92. The highest BCUT2D eigenvalue weighted by atomic mass is 19.1. The third-order valence-electron chi connectivity index (χ3n) is 2.68. The van der Waals surface area contributed by atoms with Gasteiger partial charge in [0, 0.05) is 11.6 Å². The number of aromatic nitrogens is 1. The van der Waals surface area contributed by atoms with Crippen molar-refractivity contribution in [1.82, 2.24) is 10.3 Å². The fourth-order valence-corrected chi connectivity index (χ4v) is 1.71. The molecule has 1 aromatic carbocycles. The Kier molecular flexibility index (Phi) is 4.04. The maximum absolute atomic E-state index is 13.4. The van der Waals surface area contributed by atoms with E-state index in [1.807, 2.05) is 6.92 Å². The number of rotatable bonds is 5. The molecule has 3 nitrogen and oxygen atoms in total. The molecular formula is C13H14F2N2O. The minimum atomic E-state index is -0.511. The average molecular weight is 252 g/mol. The fraction of sp³-hybridized carbons (Fsp3) is 0.308. The molecule has 0 fully saturated rings. The normalized spacial score (nSPS) is 12.6. The Hall–Kier alpha value is -1.75. The Morgan fingerprint density at radius 1 is 1.33 bits per heavy atom. The van der Waals surface area contributed by atoms with Crippen LogP contribution in [-0.2, 0) is 13.0 Å². The third kappa shape index (κ3) is 3.13. The zero-order valence-corrected chi connectivity index (χ0v) is 9.99. The maximum Gasteiger partial charge on any atom is 0.180 e. The van der Waals surface area contributed by atoms with E-state index in [0.29, 0.717) is 12.3 Å². The van der Waals surface area contributed by atoms with Gasteiger partial charge in [-0.25, -0.2) is 13.8 Å². The van der Waals surface area contributed by atoms with E-state index in [9.17, 15) is 8.78 Å². The summed E-state index contributed by atoms with van der Waals surface area (Å²) in [6.45, 7) is 2.35. The molecule has 1 unspecified atom stereocenters. The molecule has 0 aliphatic rings. The largest absolute Gasteiger partial charge is 0.447 e. The number of halogens is 2. The fourth-order valence-electron chi connectivity index (χ4n) is 1.71. The third-order valence-corrected chi connectivity index (χ3v) is 2.68. The lowest BCUT2D eigenvalue weighted by molar-refractivity contribution is 0.443.